The van der Waals surface area contributed by atoms with Crippen LogP contribution in [-0.4, -0.2) is 71.7 Å². The number of ketones is 2. The van der Waals surface area contributed by atoms with Crippen molar-refractivity contribution in [1.29, 1.82) is 0 Å². The molecule has 0 aromatic heterocycles. The molecule has 0 spiro atoms. The number of hydrogen-bond donors (Lipinski definition) is 4. The molecule has 0 saturated heterocycles. The summed E-state index contributed by atoms with van der Waals surface area (Å²) in [5.41, 5.74) is 12.0. The third kappa shape index (κ3) is 9.99. The summed E-state index contributed by atoms with van der Waals surface area (Å²) < 4.78 is 10.4. The number of Topliss-reactive ketones (excluding diaryl/α,β-unsaturated/α-hetero) is 2. The Morgan fingerprint density at radius 1 is 0.545 bits per heavy atom. The van der Waals surface area contributed by atoms with Crippen molar-refractivity contribution in [2.24, 2.45) is 10.2 Å². The van der Waals surface area contributed by atoms with Crippen molar-refractivity contribution in [2.45, 2.75) is 27.7 Å². The highest BCUT2D eigenvalue weighted by atomic mass is 35.5. The molecule has 0 radical (unpaired) electrons. The van der Waals surface area contributed by atoms with E-state index in [4.69, 9.17) is 32.7 Å². The van der Waals surface area contributed by atoms with Crippen molar-refractivity contribution in [3.63, 3.8) is 0 Å². The number of hydrazone groups is 2. The molecule has 334 valence electrons. The Kier molecular flexibility index (Phi) is 14.3. The van der Waals surface area contributed by atoms with Gasteiger partial charge in [-0.3, -0.25) is 30.0 Å². The second-order valence-electron chi connectivity index (χ2n) is 15.2. The molecule has 0 unspecified atom stereocenters. The third-order valence-electron chi connectivity index (χ3n) is 10.7. The maximum atomic E-state index is 14.1. The van der Waals surface area contributed by atoms with Gasteiger partial charge in [-0.2, -0.15) is 10.2 Å². The van der Waals surface area contributed by atoms with Gasteiger partial charge in [-0.25, -0.2) is 9.59 Å². The number of nitrogens with one attached hydrogen (secondary N) is 4. The number of alkyl halides is 2. The number of benzene rings is 5. The summed E-state index contributed by atoms with van der Waals surface area (Å²) in [7, 11) is 0. The van der Waals surface area contributed by atoms with E-state index in [9.17, 15) is 28.8 Å². The molecule has 0 bridgehead atoms. The van der Waals surface area contributed by atoms with Crippen LogP contribution in [0.15, 0.2) is 118 Å². The first-order chi connectivity index (χ1) is 31.8. The Morgan fingerprint density at radius 3 is 1.61 bits per heavy atom. The zero-order valence-electron chi connectivity index (χ0n) is 36.1. The Hall–Kier alpha value is -7.68. The molecule has 0 aliphatic heterocycles. The van der Waals surface area contributed by atoms with Crippen LogP contribution in [0.25, 0.3) is 12.2 Å². The van der Waals surface area contributed by atoms with Crippen molar-refractivity contribution in [3.8, 4) is 0 Å². The topological polar surface area (TPSA) is 194 Å². The Bertz CT molecular complexity index is 2970. The summed E-state index contributed by atoms with van der Waals surface area (Å²) >= 11 is 11.4. The molecule has 0 heterocycles. The van der Waals surface area contributed by atoms with Gasteiger partial charge in [0.1, 0.15) is 24.6 Å². The average Bonchev–Trinajstić information content (AvgIpc) is 3.31. The predicted octanol–water partition coefficient (Wildman–Crippen LogP) is 8.55. The van der Waals surface area contributed by atoms with E-state index < -0.39 is 35.3 Å². The van der Waals surface area contributed by atoms with E-state index in [1.165, 1.54) is 12.2 Å². The number of hydrogen-bond acceptors (Lipinski definition) is 12. The molecule has 5 aromatic carbocycles. The quantitative estimate of drug-likeness (QED) is 0.0363. The first kappa shape index (κ1) is 46.3. The SMILES string of the molecule is Cc1ccc(C(=O)OCCCl)cc1N/N=C1\C(=O)C(C(=O)Nc2cc(C)c(NC(=O)C3=Cc4ccccc4/C(=N\Nc4c(C)cccc4C(=O)OCCCl)C3=O)cc2C)=Cc2ccccc21. The van der Waals surface area contributed by atoms with Gasteiger partial charge in [0, 0.05) is 22.5 Å². The van der Waals surface area contributed by atoms with Crippen LogP contribution in [-0.2, 0) is 28.7 Å². The largest absolute Gasteiger partial charge is 0.461 e. The van der Waals surface area contributed by atoms with E-state index in [0.717, 1.165) is 5.56 Å². The molecule has 4 N–H and O–H groups in total. The van der Waals surface area contributed by atoms with Gasteiger partial charge in [0.2, 0.25) is 11.6 Å². The number of amides is 2. The summed E-state index contributed by atoms with van der Waals surface area (Å²) in [5, 5.41) is 14.6. The fourth-order valence-corrected chi connectivity index (χ4v) is 7.30. The maximum absolute atomic E-state index is 14.1. The number of aryl methyl sites for hydroxylation is 4. The lowest BCUT2D eigenvalue weighted by Gasteiger charge is -2.20. The van der Waals surface area contributed by atoms with E-state index >= 15 is 0 Å². The number of halogens is 2. The molecule has 2 amide bonds. The van der Waals surface area contributed by atoms with Gasteiger partial charge < -0.3 is 20.1 Å². The average molecular weight is 926 g/mol. The van der Waals surface area contributed by atoms with E-state index in [-0.39, 0.29) is 58.7 Å². The number of esters is 2. The molecule has 14 nitrogen and oxygen atoms in total. The zero-order valence-corrected chi connectivity index (χ0v) is 37.6. The number of carbonyl (C=O) groups is 6. The zero-order chi connectivity index (χ0) is 47.1. The first-order valence-electron chi connectivity index (χ1n) is 20.6. The van der Waals surface area contributed by atoms with Crippen LogP contribution in [0.4, 0.5) is 22.7 Å². The number of fused-ring (bicyclic) bond motifs is 2. The highest BCUT2D eigenvalue weighted by Crippen LogP contribution is 2.30. The van der Waals surface area contributed by atoms with Crippen molar-refractivity contribution in [3.05, 3.63) is 164 Å². The molecular formula is C50H42Cl2N6O8. The van der Waals surface area contributed by atoms with Crippen LogP contribution in [0.1, 0.15) is 65.2 Å². The lowest BCUT2D eigenvalue weighted by molar-refractivity contribution is -0.118. The fourth-order valence-electron chi connectivity index (χ4n) is 7.15. The number of rotatable bonds is 14. The minimum Gasteiger partial charge on any atom is -0.461 e. The highest BCUT2D eigenvalue weighted by Gasteiger charge is 2.32. The number of ether oxygens (including phenoxy) is 2. The van der Waals surface area contributed by atoms with Gasteiger partial charge in [-0.15, -0.1) is 23.2 Å². The van der Waals surface area contributed by atoms with Crippen molar-refractivity contribution in [2.75, 3.05) is 46.5 Å². The second kappa shape index (κ2) is 20.4. The number of anilines is 4. The summed E-state index contributed by atoms with van der Waals surface area (Å²) in [5.74, 6) is -3.60. The maximum Gasteiger partial charge on any atom is 0.340 e. The number of nitrogens with zero attached hydrogens (tertiary/aromatic N) is 2. The monoisotopic (exact) mass is 924 g/mol. The van der Waals surface area contributed by atoms with Gasteiger partial charge in [0.25, 0.3) is 11.8 Å². The molecule has 2 aliphatic carbocycles. The van der Waals surface area contributed by atoms with E-state index in [1.807, 2.05) is 0 Å². The van der Waals surface area contributed by atoms with Crippen LogP contribution >= 0.6 is 23.2 Å². The van der Waals surface area contributed by atoms with Gasteiger partial charge in [-0.1, -0.05) is 66.7 Å². The minimum atomic E-state index is -0.701. The standard InChI is InChI=1S/C50H42Cl2N6O8/c1-27-16-17-33(49(63)65-20-18-51)26-41(27)55-57-43-34-13-7-5-11-31(34)24-37(45(43)59)47(61)53-39-22-30(4)40(23-29(39)3)54-48(62)38-25-32-12-6-8-14-35(32)44(46(38)60)58-56-42-28(2)10-9-15-36(42)50(64)66-21-19-52/h5-17,22-26,55-56H,18-21H2,1-4H3,(H,53,61)(H,54,62)/b57-43-,58-44+. The third-order valence-corrected chi connectivity index (χ3v) is 11.0. The fraction of sp³-hybridized carbons (Fsp3) is 0.160. The predicted molar refractivity (Wildman–Crippen MR) is 257 cm³/mol. The molecular weight excluding hydrogens is 883 g/mol. The Labute approximate surface area is 389 Å². The second-order valence-corrected chi connectivity index (χ2v) is 15.9. The van der Waals surface area contributed by atoms with Crippen molar-refractivity contribution >= 4 is 105 Å². The lowest BCUT2D eigenvalue weighted by Crippen LogP contribution is -2.31. The van der Waals surface area contributed by atoms with Crippen LogP contribution in [0.3, 0.4) is 0 Å². The minimum absolute atomic E-state index is 0.00862. The van der Waals surface area contributed by atoms with Crippen molar-refractivity contribution < 1.29 is 38.2 Å². The number of para-hydroxylation sites is 1. The van der Waals surface area contributed by atoms with Crippen molar-refractivity contribution in [1.82, 2.24) is 0 Å². The summed E-state index contributed by atoms with van der Waals surface area (Å²) in [6, 6.07) is 27.2. The highest BCUT2D eigenvalue weighted by molar-refractivity contribution is 6.60. The normalized spacial score (nSPS) is 14.1. The van der Waals surface area contributed by atoms with Gasteiger partial charge in [0.05, 0.1) is 45.4 Å². The van der Waals surface area contributed by atoms with Gasteiger partial charge >= 0.3 is 11.9 Å². The van der Waals surface area contributed by atoms with Crippen LogP contribution in [0.2, 0.25) is 0 Å². The van der Waals surface area contributed by atoms with E-state index in [2.05, 4.69) is 31.7 Å². The van der Waals surface area contributed by atoms with Crippen LogP contribution < -0.4 is 21.5 Å². The molecule has 66 heavy (non-hydrogen) atoms. The summed E-state index contributed by atoms with van der Waals surface area (Å²) in [6.07, 6.45) is 2.99. The molecule has 0 saturated carbocycles. The van der Waals surface area contributed by atoms with E-state index in [1.54, 1.807) is 125 Å². The Morgan fingerprint density at radius 2 is 1.06 bits per heavy atom. The summed E-state index contributed by atoms with van der Waals surface area (Å²) in [4.78, 5) is 81.3. The molecule has 2 aliphatic rings. The molecule has 0 fully saturated rings. The van der Waals surface area contributed by atoms with Crippen LogP contribution in [0.5, 0.6) is 0 Å². The lowest BCUT2D eigenvalue weighted by atomic mass is 9.89. The first-order valence-corrected chi connectivity index (χ1v) is 21.7. The van der Waals surface area contributed by atoms with Gasteiger partial charge in [0.15, 0.2) is 0 Å². The van der Waals surface area contributed by atoms with E-state index in [0.29, 0.717) is 61.7 Å². The molecule has 7 rings (SSSR count). The number of carbonyl (C=O) groups excluding carboxylic acids is 6. The molecule has 16 heteroatoms. The molecule has 5 aromatic rings. The van der Waals surface area contributed by atoms with Crippen LogP contribution in [0, 0.1) is 27.7 Å². The smallest absolute Gasteiger partial charge is 0.340 e. The Balaban J connectivity index is 1.09. The summed E-state index contributed by atoms with van der Waals surface area (Å²) in [6.45, 7) is 7.07. The molecule has 0 atom stereocenters. The van der Waals surface area contributed by atoms with Gasteiger partial charge in [-0.05, 0) is 104 Å².